The van der Waals surface area contributed by atoms with Crippen LogP contribution in [0, 0.1) is 0 Å². The number of piperazine rings is 1. The first-order chi connectivity index (χ1) is 12.5. The molecule has 140 valence electrons. The third-order valence-electron chi connectivity index (χ3n) is 5.02. The van der Waals surface area contributed by atoms with Crippen LogP contribution in [0.3, 0.4) is 0 Å². The molecular weight excluding hydrogens is 328 g/mol. The second kappa shape index (κ2) is 8.01. The lowest BCUT2D eigenvalue weighted by Gasteiger charge is -2.34. The van der Waals surface area contributed by atoms with Crippen LogP contribution in [0.1, 0.15) is 19.4 Å². The van der Waals surface area contributed by atoms with E-state index in [1.165, 1.54) is 10.5 Å². The Labute approximate surface area is 155 Å². The number of nitrogens with one attached hydrogen (secondary N) is 1. The summed E-state index contributed by atoms with van der Waals surface area (Å²) < 4.78 is 0. The van der Waals surface area contributed by atoms with Crippen molar-refractivity contribution in [2.75, 3.05) is 45.8 Å². The van der Waals surface area contributed by atoms with Crippen molar-refractivity contribution < 1.29 is 9.59 Å². The summed E-state index contributed by atoms with van der Waals surface area (Å²) in [7, 11) is 0. The average Bonchev–Trinajstić information content (AvgIpc) is 2.82. The van der Waals surface area contributed by atoms with Crippen LogP contribution in [-0.4, -0.2) is 78.0 Å². The number of rotatable bonds is 6. The molecule has 2 heterocycles. The zero-order chi connectivity index (χ0) is 18.6. The maximum Gasteiger partial charge on any atom is 0.325 e. The van der Waals surface area contributed by atoms with Gasteiger partial charge in [0.05, 0.1) is 0 Å². The van der Waals surface area contributed by atoms with Gasteiger partial charge in [0, 0.05) is 45.8 Å². The number of nitrogens with zero attached hydrogens (tertiary/aromatic N) is 3. The van der Waals surface area contributed by atoms with Gasteiger partial charge in [-0.2, -0.15) is 0 Å². The highest BCUT2D eigenvalue weighted by molar-refractivity contribution is 6.06. The molecule has 1 aromatic carbocycles. The predicted octanol–water partition coefficient (Wildman–Crippen LogP) is 1.65. The molecule has 2 saturated heterocycles. The van der Waals surface area contributed by atoms with Gasteiger partial charge >= 0.3 is 6.03 Å². The van der Waals surface area contributed by atoms with E-state index in [0.29, 0.717) is 6.54 Å². The van der Waals surface area contributed by atoms with E-state index in [1.807, 2.05) is 18.2 Å². The molecule has 0 radical (unpaired) electrons. The molecule has 3 rings (SSSR count). The third kappa shape index (κ3) is 4.51. The minimum absolute atomic E-state index is 0.132. The van der Waals surface area contributed by atoms with Crippen LogP contribution in [0.25, 0.3) is 6.08 Å². The lowest BCUT2D eigenvalue weighted by atomic mass is 10.1. The van der Waals surface area contributed by atoms with Crippen LogP contribution in [-0.2, 0) is 4.79 Å². The van der Waals surface area contributed by atoms with Crippen molar-refractivity contribution in [1.29, 1.82) is 0 Å². The lowest BCUT2D eigenvalue weighted by Crippen LogP contribution is -2.49. The molecule has 6 heteroatoms. The normalized spacial score (nSPS) is 21.5. The van der Waals surface area contributed by atoms with Gasteiger partial charge in [0.25, 0.3) is 5.91 Å². The van der Waals surface area contributed by atoms with Crippen LogP contribution >= 0.6 is 0 Å². The molecule has 26 heavy (non-hydrogen) atoms. The van der Waals surface area contributed by atoms with Crippen LogP contribution in [0.15, 0.2) is 36.4 Å². The number of urea groups is 1. The molecule has 0 bridgehead atoms. The minimum Gasteiger partial charge on any atom is -0.324 e. The molecule has 2 aliphatic heterocycles. The molecule has 2 fully saturated rings. The highest BCUT2D eigenvalue weighted by atomic mass is 16.2. The standard InChI is InChI=1S/C20H28N4O2/c1-20(2)18(25)24(19(26)21-20)16-15-23-13-11-22(12-14-23)10-6-9-17-7-4-3-5-8-17/h3-9H,10-16H2,1-2H3,(H,21,26)/b9-6+. The van der Waals surface area contributed by atoms with Gasteiger partial charge in [0.15, 0.2) is 0 Å². The zero-order valence-electron chi connectivity index (χ0n) is 15.6. The molecule has 0 atom stereocenters. The Balaban J connectivity index is 1.38. The van der Waals surface area contributed by atoms with Crippen LogP contribution < -0.4 is 5.32 Å². The summed E-state index contributed by atoms with van der Waals surface area (Å²) in [6.07, 6.45) is 4.37. The third-order valence-corrected chi connectivity index (χ3v) is 5.02. The molecule has 6 nitrogen and oxygen atoms in total. The molecule has 0 saturated carbocycles. The van der Waals surface area contributed by atoms with Gasteiger partial charge in [-0.1, -0.05) is 42.5 Å². The van der Waals surface area contributed by atoms with E-state index in [-0.39, 0.29) is 11.9 Å². The second-order valence-electron chi connectivity index (χ2n) is 7.47. The fraction of sp³-hybridized carbons (Fsp3) is 0.500. The quantitative estimate of drug-likeness (QED) is 0.788. The summed E-state index contributed by atoms with van der Waals surface area (Å²) in [6, 6.07) is 10.0. The Morgan fingerprint density at radius 2 is 1.65 bits per heavy atom. The molecular formula is C20H28N4O2. The molecule has 0 aromatic heterocycles. The van der Waals surface area contributed by atoms with Crippen LogP contribution in [0.5, 0.6) is 0 Å². The first-order valence-electron chi connectivity index (χ1n) is 9.26. The molecule has 2 aliphatic rings. The molecule has 0 spiro atoms. The number of hydrogen-bond acceptors (Lipinski definition) is 4. The van der Waals surface area contributed by atoms with Gasteiger partial charge in [-0.05, 0) is 19.4 Å². The monoisotopic (exact) mass is 356 g/mol. The van der Waals surface area contributed by atoms with E-state index in [2.05, 4.69) is 39.4 Å². The van der Waals surface area contributed by atoms with Gasteiger partial charge in [-0.15, -0.1) is 0 Å². The minimum atomic E-state index is -0.777. The summed E-state index contributed by atoms with van der Waals surface area (Å²) in [4.78, 5) is 30.2. The summed E-state index contributed by atoms with van der Waals surface area (Å²) in [5.74, 6) is -0.132. The highest BCUT2D eigenvalue weighted by Gasteiger charge is 2.43. The Hall–Kier alpha value is -2.18. The second-order valence-corrected chi connectivity index (χ2v) is 7.47. The number of imide groups is 1. The van der Waals surface area contributed by atoms with Gasteiger partial charge in [0.2, 0.25) is 0 Å². The van der Waals surface area contributed by atoms with Crippen LogP contribution in [0.4, 0.5) is 4.79 Å². The zero-order valence-corrected chi connectivity index (χ0v) is 15.6. The maximum atomic E-state index is 12.2. The summed E-state index contributed by atoms with van der Waals surface area (Å²) in [6.45, 7) is 9.58. The fourth-order valence-electron chi connectivity index (χ4n) is 3.36. The lowest BCUT2D eigenvalue weighted by molar-refractivity contribution is -0.130. The van der Waals surface area contributed by atoms with Crippen molar-refractivity contribution in [3.05, 3.63) is 42.0 Å². The van der Waals surface area contributed by atoms with E-state index < -0.39 is 5.54 Å². The van der Waals surface area contributed by atoms with Crippen molar-refractivity contribution in [3.63, 3.8) is 0 Å². The van der Waals surface area contributed by atoms with Gasteiger partial charge < -0.3 is 5.32 Å². The maximum absolute atomic E-state index is 12.2. The van der Waals surface area contributed by atoms with Crippen molar-refractivity contribution in [2.24, 2.45) is 0 Å². The van der Waals surface area contributed by atoms with Gasteiger partial charge in [0.1, 0.15) is 5.54 Å². The number of amides is 3. The molecule has 1 aromatic rings. The highest BCUT2D eigenvalue weighted by Crippen LogP contribution is 2.16. The Kier molecular flexibility index (Phi) is 5.74. The molecule has 3 amide bonds. The van der Waals surface area contributed by atoms with Crippen molar-refractivity contribution in [3.8, 4) is 0 Å². The van der Waals surface area contributed by atoms with E-state index in [4.69, 9.17) is 0 Å². The molecule has 1 N–H and O–H groups in total. The Morgan fingerprint density at radius 1 is 1.00 bits per heavy atom. The van der Waals surface area contributed by atoms with Crippen LogP contribution in [0.2, 0.25) is 0 Å². The Morgan fingerprint density at radius 3 is 2.27 bits per heavy atom. The van der Waals surface area contributed by atoms with Crippen molar-refractivity contribution >= 4 is 18.0 Å². The van der Waals surface area contributed by atoms with E-state index >= 15 is 0 Å². The Bertz CT molecular complexity index is 664. The largest absolute Gasteiger partial charge is 0.325 e. The number of carbonyl (C=O) groups excluding carboxylic acids is 2. The first-order valence-corrected chi connectivity index (χ1v) is 9.26. The average molecular weight is 356 g/mol. The van der Waals surface area contributed by atoms with E-state index in [0.717, 1.165) is 39.3 Å². The molecule has 0 aliphatic carbocycles. The SMILES string of the molecule is CC1(C)NC(=O)N(CCN2CCN(C/C=C/c3ccccc3)CC2)C1=O. The predicted molar refractivity (Wildman–Crippen MR) is 103 cm³/mol. The summed E-state index contributed by atoms with van der Waals surface area (Å²) in [5, 5.41) is 2.73. The van der Waals surface area contributed by atoms with Gasteiger partial charge in [-0.3, -0.25) is 19.5 Å². The topological polar surface area (TPSA) is 55.9 Å². The fourth-order valence-corrected chi connectivity index (χ4v) is 3.36. The number of benzene rings is 1. The van der Waals surface area contributed by atoms with E-state index in [1.54, 1.807) is 13.8 Å². The first kappa shape index (κ1) is 18.6. The molecule has 0 unspecified atom stereocenters. The number of carbonyl (C=O) groups is 2. The van der Waals surface area contributed by atoms with E-state index in [9.17, 15) is 9.59 Å². The van der Waals surface area contributed by atoms with Crippen molar-refractivity contribution in [1.82, 2.24) is 20.0 Å². The van der Waals surface area contributed by atoms with Gasteiger partial charge in [-0.25, -0.2) is 4.79 Å². The summed E-state index contributed by atoms with van der Waals surface area (Å²) in [5.41, 5.74) is 0.448. The van der Waals surface area contributed by atoms with Crippen molar-refractivity contribution in [2.45, 2.75) is 19.4 Å². The smallest absolute Gasteiger partial charge is 0.324 e. The summed E-state index contributed by atoms with van der Waals surface area (Å²) >= 11 is 0. The number of hydrogen-bond donors (Lipinski definition) is 1.